The van der Waals surface area contributed by atoms with Crippen LogP contribution < -0.4 is 0 Å². The van der Waals surface area contributed by atoms with E-state index in [-0.39, 0.29) is 11.6 Å². The molecule has 0 spiro atoms. The van der Waals surface area contributed by atoms with Crippen LogP contribution in [-0.2, 0) is 6.18 Å². The van der Waals surface area contributed by atoms with Gasteiger partial charge in [-0.05, 0) is 30.0 Å². The zero-order valence-corrected chi connectivity index (χ0v) is 9.62. The van der Waals surface area contributed by atoms with Crippen molar-refractivity contribution in [3.8, 4) is 0 Å². The zero-order chi connectivity index (χ0) is 13.1. The lowest BCUT2D eigenvalue weighted by Crippen LogP contribution is -2.09. The summed E-state index contributed by atoms with van der Waals surface area (Å²) in [5, 5.41) is 11.9. The van der Waals surface area contributed by atoms with Gasteiger partial charge >= 0.3 is 6.18 Å². The van der Waals surface area contributed by atoms with Crippen molar-refractivity contribution in [1.29, 1.82) is 0 Å². The first-order chi connectivity index (χ1) is 7.84. The first-order valence-electron chi connectivity index (χ1n) is 5.23. The Morgan fingerprint density at radius 3 is 2.47 bits per heavy atom. The van der Waals surface area contributed by atoms with Crippen molar-refractivity contribution in [2.24, 2.45) is 11.1 Å². The van der Waals surface area contributed by atoms with Gasteiger partial charge in [0.1, 0.15) is 0 Å². The molecule has 0 aromatic heterocycles. The third-order valence-corrected chi connectivity index (χ3v) is 2.25. The Morgan fingerprint density at radius 1 is 1.35 bits per heavy atom. The predicted molar refractivity (Wildman–Crippen MR) is 59.2 cm³/mol. The topological polar surface area (TPSA) is 32.6 Å². The number of benzene rings is 1. The number of nitrogens with zero attached hydrogens (tertiary/aromatic N) is 1. The molecule has 2 nitrogen and oxygen atoms in total. The highest BCUT2D eigenvalue weighted by Crippen LogP contribution is 2.30. The molecular formula is C12H14F3NO. The van der Waals surface area contributed by atoms with Crippen LogP contribution in [0.25, 0.3) is 0 Å². The van der Waals surface area contributed by atoms with E-state index < -0.39 is 11.7 Å². The standard InChI is InChI=1S/C12H14F3NO/c1-8(2)6-11(16-17)9-4-3-5-10(7-9)12(13,14)15/h3-5,7-8,17H,6H2,1-2H3. The van der Waals surface area contributed by atoms with E-state index in [2.05, 4.69) is 5.16 Å². The molecule has 0 aliphatic rings. The smallest absolute Gasteiger partial charge is 0.411 e. The highest BCUT2D eigenvalue weighted by atomic mass is 19.4. The maximum absolute atomic E-state index is 12.5. The van der Waals surface area contributed by atoms with Gasteiger partial charge in [0.05, 0.1) is 11.3 Å². The molecule has 17 heavy (non-hydrogen) atoms. The molecule has 1 aromatic rings. The van der Waals surface area contributed by atoms with Gasteiger partial charge in [-0.15, -0.1) is 0 Å². The maximum atomic E-state index is 12.5. The monoisotopic (exact) mass is 245 g/mol. The van der Waals surface area contributed by atoms with E-state index in [0.717, 1.165) is 12.1 Å². The molecule has 0 fully saturated rings. The molecule has 5 heteroatoms. The Labute approximate surface area is 97.8 Å². The van der Waals surface area contributed by atoms with Gasteiger partial charge in [0.15, 0.2) is 0 Å². The van der Waals surface area contributed by atoms with Crippen LogP contribution in [0.1, 0.15) is 31.4 Å². The lowest BCUT2D eigenvalue weighted by molar-refractivity contribution is -0.137. The average Bonchev–Trinajstić information content (AvgIpc) is 2.24. The summed E-state index contributed by atoms with van der Waals surface area (Å²) in [6, 6.07) is 4.81. The average molecular weight is 245 g/mol. The van der Waals surface area contributed by atoms with Gasteiger partial charge in [-0.2, -0.15) is 13.2 Å². The molecule has 1 N–H and O–H groups in total. The van der Waals surface area contributed by atoms with E-state index in [9.17, 15) is 13.2 Å². The Hall–Kier alpha value is -1.52. The van der Waals surface area contributed by atoms with Gasteiger partial charge in [0.2, 0.25) is 0 Å². The fourth-order valence-corrected chi connectivity index (χ4v) is 1.48. The number of hydrogen-bond donors (Lipinski definition) is 1. The molecule has 0 heterocycles. The van der Waals surface area contributed by atoms with E-state index in [1.165, 1.54) is 12.1 Å². The summed E-state index contributed by atoms with van der Waals surface area (Å²) < 4.78 is 37.5. The second-order valence-corrected chi connectivity index (χ2v) is 4.22. The molecule has 0 aliphatic heterocycles. The number of oxime groups is 1. The molecule has 0 unspecified atom stereocenters. The van der Waals surface area contributed by atoms with E-state index in [0.29, 0.717) is 12.0 Å². The normalized spacial score (nSPS) is 13.2. The molecule has 0 bridgehead atoms. The molecular weight excluding hydrogens is 231 g/mol. The van der Waals surface area contributed by atoms with E-state index in [1.807, 2.05) is 13.8 Å². The third-order valence-electron chi connectivity index (χ3n) is 2.25. The van der Waals surface area contributed by atoms with Crippen molar-refractivity contribution >= 4 is 5.71 Å². The molecule has 0 amide bonds. The predicted octanol–water partition coefficient (Wildman–Crippen LogP) is 3.93. The van der Waals surface area contributed by atoms with Gasteiger partial charge in [0, 0.05) is 0 Å². The second kappa shape index (κ2) is 5.21. The number of rotatable bonds is 3. The summed E-state index contributed by atoms with van der Waals surface area (Å²) in [4.78, 5) is 0. The van der Waals surface area contributed by atoms with Crippen molar-refractivity contribution in [3.63, 3.8) is 0 Å². The quantitative estimate of drug-likeness (QED) is 0.488. The van der Waals surface area contributed by atoms with Gasteiger partial charge in [-0.25, -0.2) is 0 Å². The molecule has 1 aromatic carbocycles. The molecule has 0 aliphatic carbocycles. The molecule has 0 radical (unpaired) electrons. The van der Waals surface area contributed by atoms with Crippen LogP contribution in [0.4, 0.5) is 13.2 Å². The molecule has 1 rings (SSSR count). The van der Waals surface area contributed by atoms with Gasteiger partial charge in [-0.3, -0.25) is 0 Å². The molecule has 0 saturated carbocycles. The first-order valence-corrected chi connectivity index (χ1v) is 5.23. The Morgan fingerprint density at radius 2 is 2.00 bits per heavy atom. The summed E-state index contributed by atoms with van der Waals surface area (Å²) in [5.74, 6) is 0.204. The van der Waals surface area contributed by atoms with Crippen LogP contribution in [0.2, 0.25) is 0 Å². The van der Waals surface area contributed by atoms with Crippen molar-refractivity contribution < 1.29 is 18.4 Å². The summed E-state index contributed by atoms with van der Waals surface area (Å²) in [7, 11) is 0. The maximum Gasteiger partial charge on any atom is 0.416 e. The molecule has 0 atom stereocenters. The minimum atomic E-state index is -4.38. The van der Waals surface area contributed by atoms with Crippen LogP contribution in [0.15, 0.2) is 29.4 Å². The number of hydrogen-bond acceptors (Lipinski definition) is 2. The van der Waals surface area contributed by atoms with Crippen molar-refractivity contribution in [2.75, 3.05) is 0 Å². The third kappa shape index (κ3) is 3.76. The fourth-order valence-electron chi connectivity index (χ4n) is 1.48. The highest BCUT2D eigenvalue weighted by Gasteiger charge is 2.30. The Bertz CT molecular complexity index is 410. The lowest BCUT2D eigenvalue weighted by atomic mass is 9.99. The van der Waals surface area contributed by atoms with Crippen LogP contribution in [-0.4, -0.2) is 10.9 Å². The minimum absolute atomic E-state index is 0.204. The highest BCUT2D eigenvalue weighted by molar-refractivity contribution is 6.00. The Balaban J connectivity index is 3.06. The van der Waals surface area contributed by atoms with Gasteiger partial charge < -0.3 is 5.21 Å². The Kier molecular flexibility index (Phi) is 4.15. The van der Waals surface area contributed by atoms with E-state index in [4.69, 9.17) is 5.21 Å². The lowest BCUT2D eigenvalue weighted by Gasteiger charge is -2.11. The van der Waals surface area contributed by atoms with Crippen LogP contribution >= 0.6 is 0 Å². The van der Waals surface area contributed by atoms with Crippen LogP contribution in [0.5, 0.6) is 0 Å². The minimum Gasteiger partial charge on any atom is -0.411 e. The van der Waals surface area contributed by atoms with Gasteiger partial charge in [-0.1, -0.05) is 31.1 Å². The second-order valence-electron chi connectivity index (χ2n) is 4.22. The zero-order valence-electron chi connectivity index (χ0n) is 9.62. The number of alkyl halides is 3. The fraction of sp³-hybridized carbons (Fsp3) is 0.417. The number of halogens is 3. The first kappa shape index (κ1) is 13.5. The SMILES string of the molecule is CC(C)CC(=NO)c1cccc(C(F)(F)F)c1. The van der Waals surface area contributed by atoms with Crippen LogP contribution in [0.3, 0.4) is 0 Å². The molecule has 0 saturated heterocycles. The molecule has 94 valence electrons. The van der Waals surface area contributed by atoms with Crippen molar-refractivity contribution in [3.05, 3.63) is 35.4 Å². The van der Waals surface area contributed by atoms with E-state index in [1.54, 1.807) is 0 Å². The summed E-state index contributed by atoms with van der Waals surface area (Å²) in [5.41, 5.74) is -0.165. The van der Waals surface area contributed by atoms with Crippen molar-refractivity contribution in [1.82, 2.24) is 0 Å². The summed E-state index contributed by atoms with van der Waals surface area (Å²) >= 11 is 0. The summed E-state index contributed by atoms with van der Waals surface area (Å²) in [6.07, 6.45) is -3.95. The van der Waals surface area contributed by atoms with Crippen LogP contribution in [0, 0.1) is 5.92 Å². The largest absolute Gasteiger partial charge is 0.416 e. The van der Waals surface area contributed by atoms with Crippen molar-refractivity contribution in [2.45, 2.75) is 26.4 Å². The summed E-state index contributed by atoms with van der Waals surface area (Å²) in [6.45, 7) is 3.80. The van der Waals surface area contributed by atoms with E-state index >= 15 is 0 Å². The van der Waals surface area contributed by atoms with Gasteiger partial charge in [0.25, 0.3) is 0 Å².